The number of hydrogen-bond acceptors (Lipinski definition) is 6. The highest BCUT2D eigenvalue weighted by Crippen LogP contribution is 2.59. The summed E-state index contributed by atoms with van der Waals surface area (Å²) in [5, 5.41) is 0. The predicted octanol–water partition coefficient (Wildman–Crippen LogP) is 8.10. The molecule has 0 unspecified atom stereocenters. The molecule has 8 rings (SSSR count). The fourth-order valence-corrected chi connectivity index (χ4v) is 9.43. The van der Waals surface area contributed by atoms with Crippen molar-refractivity contribution in [2.24, 2.45) is 5.92 Å². The first kappa shape index (κ1) is 32.6. The molecule has 50 heavy (non-hydrogen) atoms. The lowest BCUT2D eigenvalue weighted by molar-refractivity contribution is -0.0140. The Hall–Kier alpha value is -4.63. The zero-order chi connectivity index (χ0) is 34.2. The average Bonchev–Trinajstić information content (AvgIpc) is 3.40. The number of halogens is 1. The molecule has 8 nitrogen and oxygen atoms in total. The average molecular weight is 736 g/mol. The minimum absolute atomic E-state index is 0.00147. The number of amides is 3. The second kappa shape index (κ2) is 13.6. The Kier molecular flexibility index (Phi) is 8.85. The van der Waals surface area contributed by atoms with Crippen molar-refractivity contribution in [2.45, 2.75) is 63.2 Å². The molecular weight excluding hydrogens is 696 g/mol. The number of piperidine rings is 1. The molecule has 4 aromatic carbocycles. The molecule has 0 radical (unpaired) electrons. The fourth-order valence-electron chi connectivity index (χ4n) is 8.75. The Morgan fingerprint density at radius 2 is 1.48 bits per heavy atom. The number of imide groups is 1. The molecule has 2 fully saturated rings. The van der Waals surface area contributed by atoms with Gasteiger partial charge in [0.25, 0.3) is 11.8 Å². The molecular formula is C41H39BrN2O6. The van der Waals surface area contributed by atoms with Gasteiger partial charge in [0, 0.05) is 18.0 Å². The maximum Gasteiger partial charge on any atom is 0.410 e. The first-order valence-electron chi connectivity index (χ1n) is 17.5. The molecule has 2 aliphatic carbocycles. The van der Waals surface area contributed by atoms with Crippen LogP contribution in [0, 0.1) is 5.92 Å². The second-order valence-electron chi connectivity index (χ2n) is 13.7. The number of likely N-dealkylation sites (tertiary alicyclic amines) is 1. The van der Waals surface area contributed by atoms with Gasteiger partial charge in [-0.25, -0.2) is 4.79 Å². The molecule has 4 aromatic rings. The number of carbonyl (C=O) groups excluding carboxylic acids is 3. The summed E-state index contributed by atoms with van der Waals surface area (Å²) >= 11 is 3.96. The number of hydrogen-bond donors (Lipinski definition) is 0. The van der Waals surface area contributed by atoms with E-state index in [1.165, 1.54) is 10.5 Å². The van der Waals surface area contributed by atoms with Crippen LogP contribution in [-0.4, -0.2) is 53.4 Å². The van der Waals surface area contributed by atoms with E-state index in [1.54, 1.807) is 24.3 Å². The third-order valence-electron chi connectivity index (χ3n) is 11.1. The first-order chi connectivity index (χ1) is 24.4. The fraction of sp³-hybridized carbons (Fsp3) is 0.341. The van der Waals surface area contributed by atoms with Crippen LogP contribution in [0.3, 0.4) is 0 Å². The third-order valence-corrected chi connectivity index (χ3v) is 12.0. The topological polar surface area (TPSA) is 85.4 Å². The van der Waals surface area contributed by atoms with E-state index in [4.69, 9.17) is 14.2 Å². The van der Waals surface area contributed by atoms with Gasteiger partial charge in [0.15, 0.2) is 11.5 Å². The summed E-state index contributed by atoms with van der Waals surface area (Å²) in [7, 11) is 0. The standard InChI is InChI=1S/C41H39BrN2O6/c42-36-31-23-34-32-17-9-10-18-41(32,19-20-43(34)40(47)50-26-28-13-5-2-6-14-28)33(31)24-35(49-25-27-11-3-1-4-12-27)37(36)48-22-21-44-38(45)29-15-7-8-16-30(29)39(44)46/h1-8,11-16,24,32,34H,9-10,17-23,25-26H2/t32-,34+,41+/m1/s1. The Morgan fingerprint density at radius 1 is 0.820 bits per heavy atom. The van der Waals surface area contributed by atoms with Gasteiger partial charge in [0.05, 0.1) is 22.1 Å². The third kappa shape index (κ3) is 5.75. The Morgan fingerprint density at radius 3 is 2.18 bits per heavy atom. The van der Waals surface area contributed by atoms with Crippen LogP contribution >= 0.6 is 15.9 Å². The van der Waals surface area contributed by atoms with Crippen molar-refractivity contribution in [3.05, 3.63) is 129 Å². The van der Waals surface area contributed by atoms with Gasteiger partial charge >= 0.3 is 6.09 Å². The first-order valence-corrected chi connectivity index (χ1v) is 18.3. The Balaban J connectivity index is 1.10. The van der Waals surface area contributed by atoms with Gasteiger partial charge in [-0.1, -0.05) is 85.6 Å². The van der Waals surface area contributed by atoms with Gasteiger partial charge in [-0.3, -0.25) is 14.5 Å². The van der Waals surface area contributed by atoms with Crippen molar-refractivity contribution in [3.63, 3.8) is 0 Å². The summed E-state index contributed by atoms with van der Waals surface area (Å²) in [4.78, 5) is 43.0. The molecule has 4 aliphatic rings. The maximum atomic E-state index is 13.7. The van der Waals surface area contributed by atoms with Gasteiger partial charge < -0.3 is 19.1 Å². The monoisotopic (exact) mass is 734 g/mol. The van der Waals surface area contributed by atoms with E-state index in [2.05, 4.69) is 22.0 Å². The van der Waals surface area contributed by atoms with E-state index in [0.717, 1.165) is 53.3 Å². The van der Waals surface area contributed by atoms with E-state index < -0.39 is 0 Å². The van der Waals surface area contributed by atoms with Crippen molar-refractivity contribution in [2.75, 3.05) is 19.7 Å². The SMILES string of the molecule is O=C1c2ccccc2C(=O)N1CCOc1c(OCc2ccccc2)cc2c(c1Br)C[C@H]1[C@H]3CCCC[C@@]23CCN1C(=O)OCc1ccccc1. The van der Waals surface area contributed by atoms with E-state index in [1.807, 2.05) is 65.6 Å². The molecule has 2 heterocycles. The van der Waals surface area contributed by atoms with Crippen LogP contribution in [0.5, 0.6) is 11.5 Å². The molecule has 2 bridgehead atoms. The normalized spacial score (nSPS) is 22.0. The maximum absolute atomic E-state index is 13.7. The van der Waals surface area contributed by atoms with Crippen molar-refractivity contribution in [1.29, 1.82) is 0 Å². The molecule has 0 aromatic heterocycles. The largest absolute Gasteiger partial charge is 0.487 e. The molecule has 256 valence electrons. The lowest BCUT2D eigenvalue weighted by Gasteiger charge is -2.58. The molecule has 3 atom stereocenters. The molecule has 1 saturated heterocycles. The van der Waals surface area contributed by atoms with Crippen LogP contribution in [0.15, 0.2) is 95.5 Å². The van der Waals surface area contributed by atoms with Crippen LogP contribution in [0.2, 0.25) is 0 Å². The minimum atomic E-state index is -0.311. The van der Waals surface area contributed by atoms with E-state index in [-0.39, 0.29) is 49.1 Å². The Bertz CT molecular complexity index is 1900. The van der Waals surface area contributed by atoms with Crippen LogP contribution in [0.25, 0.3) is 0 Å². The van der Waals surface area contributed by atoms with Gasteiger partial charge in [-0.05, 0) is 88.0 Å². The van der Waals surface area contributed by atoms with Crippen molar-refractivity contribution < 1.29 is 28.6 Å². The minimum Gasteiger partial charge on any atom is -0.487 e. The number of carbonyl (C=O) groups is 3. The van der Waals surface area contributed by atoms with Gasteiger partial charge in [-0.2, -0.15) is 0 Å². The van der Waals surface area contributed by atoms with Crippen LogP contribution in [-0.2, 0) is 29.8 Å². The quantitative estimate of drug-likeness (QED) is 0.162. The molecule has 3 amide bonds. The van der Waals surface area contributed by atoms with Crippen molar-refractivity contribution in [3.8, 4) is 11.5 Å². The number of fused-ring (bicyclic) bond motifs is 2. The summed E-state index contributed by atoms with van der Waals surface area (Å²) in [6.45, 7) is 1.45. The van der Waals surface area contributed by atoms with E-state index >= 15 is 0 Å². The van der Waals surface area contributed by atoms with Gasteiger partial charge in [0.1, 0.15) is 19.8 Å². The summed E-state index contributed by atoms with van der Waals surface area (Å²) < 4.78 is 19.7. The molecule has 1 saturated carbocycles. The van der Waals surface area contributed by atoms with Gasteiger partial charge in [-0.15, -0.1) is 0 Å². The second-order valence-corrected chi connectivity index (χ2v) is 14.5. The zero-order valence-electron chi connectivity index (χ0n) is 27.8. The van der Waals surface area contributed by atoms with E-state index in [9.17, 15) is 14.4 Å². The summed E-state index contributed by atoms with van der Waals surface area (Å²) in [6.07, 6.45) is 5.64. The van der Waals surface area contributed by atoms with Gasteiger partial charge in [0.2, 0.25) is 0 Å². The summed E-state index contributed by atoms with van der Waals surface area (Å²) in [5.74, 6) is 0.862. The lowest BCUT2D eigenvalue weighted by Crippen LogP contribution is -2.62. The molecule has 2 aliphatic heterocycles. The highest BCUT2D eigenvalue weighted by Gasteiger charge is 2.56. The van der Waals surface area contributed by atoms with Crippen LogP contribution < -0.4 is 9.47 Å². The number of ether oxygens (including phenoxy) is 3. The molecule has 0 spiro atoms. The van der Waals surface area contributed by atoms with Crippen LogP contribution in [0.1, 0.15) is 75.1 Å². The number of rotatable bonds is 9. The summed E-state index contributed by atoms with van der Waals surface area (Å²) in [6, 6.07) is 28.9. The summed E-state index contributed by atoms with van der Waals surface area (Å²) in [5.41, 5.74) is 5.15. The van der Waals surface area contributed by atoms with Crippen molar-refractivity contribution in [1.82, 2.24) is 9.80 Å². The van der Waals surface area contributed by atoms with E-state index in [0.29, 0.717) is 48.1 Å². The molecule has 9 heteroatoms. The smallest absolute Gasteiger partial charge is 0.410 e. The predicted molar refractivity (Wildman–Crippen MR) is 191 cm³/mol. The number of nitrogens with zero attached hydrogens (tertiary/aromatic N) is 2. The zero-order valence-corrected chi connectivity index (χ0v) is 29.4. The molecule has 0 N–H and O–H groups in total. The van der Waals surface area contributed by atoms with Crippen LogP contribution in [0.4, 0.5) is 4.79 Å². The Labute approximate surface area is 300 Å². The number of benzene rings is 4. The highest BCUT2D eigenvalue weighted by atomic mass is 79.9. The van der Waals surface area contributed by atoms with Crippen molar-refractivity contribution >= 4 is 33.8 Å². The highest BCUT2D eigenvalue weighted by molar-refractivity contribution is 9.10. The lowest BCUT2D eigenvalue weighted by atomic mass is 9.52.